The molecule has 0 spiro atoms. The van der Waals surface area contributed by atoms with Crippen molar-refractivity contribution in [2.24, 2.45) is 16.6 Å². The topological polar surface area (TPSA) is 54.8 Å². The molecule has 0 radical (unpaired) electrons. The van der Waals surface area contributed by atoms with Crippen LogP contribution in [-0.2, 0) is 6.54 Å². The van der Waals surface area contributed by atoms with Gasteiger partial charge in [-0.05, 0) is 18.1 Å². The van der Waals surface area contributed by atoms with Gasteiger partial charge in [-0.25, -0.2) is 0 Å². The zero-order chi connectivity index (χ0) is 11.3. The summed E-state index contributed by atoms with van der Waals surface area (Å²) >= 11 is 0. The smallest absolute Gasteiger partial charge is 0.191 e. The summed E-state index contributed by atoms with van der Waals surface area (Å²) in [5.74, 6) is 1.97. The first kappa shape index (κ1) is 11.6. The van der Waals surface area contributed by atoms with E-state index in [-0.39, 0.29) is 0 Å². The second-order valence-corrected chi connectivity index (χ2v) is 4.03. The number of nitrogens with zero attached hydrogens (tertiary/aromatic N) is 2. The van der Waals surface area contributed by atoms with Crippen molar-refractivity contribution >= 4 is 5.96 Å². The molecule has 1 rings (SSSR count). The van der Waals surface area contributed by atoms with Crippen LogP contribution in [-0.4, -0.2) is 24.5 Å². The van der Waals surface area contributed by atoms with Gasteiger partial charge in [-0.1, -0.05) is 13.8 Å². The van der Waals surface area contributed by atoms with Crippen LogP contribution in [0.3, 0.4) is 0 Å². The van der Waals surface area contributed by atoms with Gasteiger partial charge in [0.25, 0.3) is 0 Å². The number of nitrogens with two attached hydrogens (primary N) is 1. The monoisotopic (exact) mass is 209 g/mol. The van der Waals surface area contributed by atoms with E-state index in [0.717, 1.165) is 12.3 Å². The zero-order valence-electron chi connectivity index (χ0n) is 9.60. The fourth-order valence-electron chi connectivity index (χ4n) is 1.11. The largest absolute Gasteiger partial charge is 0.467 e. The van der Waals surface area contributed by atoms with Gasteiger partial charge in [0, 0.05) is 13.6 Å². The molecule has 1 aromatic heterocycles. The van der Waals surface area contributed by atoms with Crippen molar-refractivity contribution in [1.82, 2.24) is 4.90 Å². The molecule has 2 N–H and O–H groups in total. The van der Waals surface area contributed by atoms with E-state index in [1.54, 1.807) is 6.26 Å². The fourth-order valence-corrected chi connectivity index (χ4v) is 1.11. The summed E-state index contributed by atoms with van der Waals surface area (Å²) in [5.41, 5.74) is 5.82. The zero-order valence-corrected chi connectivity index (χ0v) is 9.60. The fraction of sp³-hybridized carbons (Fsp3) is 0.545. The molecule has 84 valence electrons. The van der Waals surface area contributed by atoms with E-state index in [1.165, 1.54) is 0 Å². The van der Waals surface area contributed by atoms with Crippen LogP contribution in [0, 0.1) is 5.92 Å². The maximum atomic E-state index is 5.82. The van der Waals surface area contributed by atoms with Crippen molar-refractivity contribution < 1.29 is 4.42 Å². The second kappa shape index (κ2) is 5.44. The molecule has 15 heavy (non-hydrogen) atoms. The maximum Gasteiger partial charge on any atom is 0.191 e. The quantitative estimate of drug-likeness (QED) is 0.606. The van der Waals surface area contributed by atoms with E-state index >= 15 is 0 Å². The minimum atomic E-state index is 0.528. The highest BCUT2D eigenvalue weighted by Crippen LogP contribution is 2.03. The predicted octanol–water partition coefficient (Wildman–Crippen LogP) is 1.68. The first-order valence-electron chi connectivity index (χ1n) is 5.13. The molecule has 0 unspecified atom stereocenters. The summed E-state index contributed by atoms with van der Waals surface area (Å²) in [6.07, 6.45) is 1.66. The van der Waals surface area contributed by atoms with Gasteiger partial charge in [-0.2, -0.15) is 0 Å². The van der Waals surface area contributed by atoms with Gasteiger partial charge in [0.2, 0.25) is 0 Å². The Balaban J connectivity index is 2.46. The van der Waals surface area contributed by atoms with Crippen LogP contribution in [0.25, 0.3) is 0 Å². The first-order chi connectivity index (χ1) is 7.09. The van der Waals surface area contributed by atoms with Crippen molar-refractivity contribution in [3.8, 4) is 0 Å². The van der Waals surface area contributed by atoms with Gasteiger partial charge in [-0.3, -0.25) is 4.99 Å². The molecule has 0 amide bonds. The van der Waals surface area contributed by atoms with Crippen LogP contribution in [0.2, 0.25) is 0 Å². The minimum Gasteiger partial charge on any atom is -0.467 e. The normalized spacial score (nSPS) is 12.1. The van der Waals surface area contributed by atoms with E-state index in [2.05, 4.69) is 18.8 Å². The summed E-state index contributed by atoms with van der Waals surface area (Å²) in [7, 11) is 1.90. The van der Waals surface area contributed by atoms with Crippen LogP contribution in [0.1, 0.15) is 19.6 Å². The lowest BCUT2D eigenvalue weighted by atomic mass is 10.2. The molecule has 0 aromatic carbocycles. The van der Waals surface area contributed by atoms with Crippen LogP contribution < -0.4 is 5.73 Å². The van der Waals surface area contributed by atoms with E-state index in [1.807, 2.05) is 24.1 Å². The molecular weight excluding hydrogens is 190 g/mol. The number of guanidine groups is 1. The molecule has 0 fully saturated rings. The number of hydrogen-bond acceptors (Lipinski definition) is 2. The first-order valence-corrected chi connectivity index (χ1v) is 5.13. The van der Waals surface area contributed by atoms with Crippen LogP contribution in [0.4, 0.5) is 0 Å². The summed E-state index contributed by atoms with van der Waals surface area (Å²) < 4.78 is 5.23. The standard InChI is InChI=1S/C11H19N3O/c1-9(2)7-13-11(12)14(3)8-10-5-4-6-15-10/h4-6,9H,7-8H2,1-3H3,(H2,12,13). The number of furan rings is 1. The van der Waals surface area contributed by atoms with Gasteiger partial charge in [-0.15, -0.1) is 0 Å². The Bertz CT molecular complexity index is 304. The van der Waals surface area contributed by atoms with Gasteiger partial charge in [0.15, 0.2) is 5.96 Å². The molecule has 4 nitrogen and oxygen atoms in total. The Labute approximate surface area is 90.8 Å². The lowest BCUT2D eigenvalue weighted by molar-refractivity contribution is 0.406. The third kappa shape index (κ3) is 4.06. The Morgan fingerprint density at radius 1 is 1.60 bits per heavy atom. The highest BCUT2D eigenvalue weighted by atomic mass is 16.3. The van der Waals surface area contributed by atoms with Gasteiger partial charge >= 0.3 is 0 Å². The highest BCUT2D eigenvalue weighted by molar-refractivity contribution is 5.77. The number of rotatable bonds is 4. The second-order valence-electron chi connectivity index (χ2n) is 4.03. The van der Waals surface area contributed by atoms with E-state index < -0.39 is 0 Å². The molecule has 4 heteroatoms. The summed E-state index contributed by atoms with van der Waals surface area (Å²) in [6.45, 7) is 5.64. The molecule has 0 aliphatic rings. The third-order valence-corrected chi connectivity index (χ3v) is 1.98. The molecule has 0 aliphatic heterocycles. The SMILES string of the molecule is CC(C)CN=C(N)N(C)Cc1ccco1. The molecule has 1 aromatic rings. The van der Waals surface area contributed by atoms with Crippen molar-refractivity contribution in [1.29, 1.82) is 0 Å². The van der Waals surface area contributed by atoms with E-state index in [0.29, 0.717) is 18.4 Å². The Morgan fingerprint density at radius 3 is 2.87 bits per heavy atom. The third-order valence-electron chi connectivity index (χ3n) is 1.98. The van der Waals surface area contributed by atoms with E-state index in [4.69, 9.17) is 10.2 Å². The van der Waals surface area contributed by atoms with Crippen LogP contribution in [0.5, 0.6) is 0 Å². The van der Waals surface area contributed by atoms with Crippen LogP contribution in [0.15, 0.2) is 27.8 Å². The minimum absolute atomic E-state index is 0.528. The molecule has 0 saturated heterocycles. The molecule has 0 saturated carbocycles. The molecule has 0 aliphatic carbocycles. The summed E-state index contributed by atoms with van der Waals surface area (Å²) in [5, 5.41) is 0. The molecular formula is C11H19N3O. The summed E-state index contributed by atoms with van der Waals surface area (Å²) in [4.78, 5) is 6.16. The van der Waals surface area contributed by atoms with Crippen LogP contribution >= 0.6 is 0 Å². The Morgan fingerprint density at radius 2 is 2.33 bits per heavy atom. The average molecular weight is 209 g/mol. The molecule has 0 bridgehead atoms. The number of hydrogen-bond donors (Lipinski definition) is 1. The Kier molecular flexibility index (Phi) is 4.21. The van der Waals surface area contributed by atoms with Crippen molar-refractivity contribution in [2.75, 3.05) is 13.6 Å². The maximum absolute atomic E-state index is 5.82. The van der Waals surface area contributed by atoms with Crippen molar-refractivity contribution in [3.05, 3.63) is 24.2 Å². The highest BCUT2D eigenvalue weighted by Gasteiger charge is 2.04. The predicted molar refractivity (Wildman–Crippen MR) is 61.5 cm³/mol. The number of aliphatic imine (C=N–C) groups is 1. The lowest BCUT2D eigenvalue weighted by Crippen LogP contribution is -2.33. The van der Waals surface area contributed by atoms with Crippen molar-refractivity contribution in [3.63, 3.8) is 0 Å². The van der Waals surface area contributed by atoms with Gasteiger partial charge in [0.05, 0.1) is 12.8 Å². The summed E-state index contributed by atoms with van der Waals surface area (Å²) in [6, 6.07) is 3.79. The molecule has 1 heterocycles. The van der Waals surface area contributed by atoms with E-state index in [9.17, 15) is 0 Å². The molecule has 0 atom stereocenters. The van der Waals surface area contributed by atoms with Gasteiger partial charge in [0.1, 0.15) is 5.76 Å². The average Bonchev–Trinajstić information content (AvgIpc) is 2.66. The lowest BCUT2D eigenvalue weighted by Gasteiger charge is -2.16. The van der Waals surface area contributed by atoms with Crippen molar-refractivity contribution in [2.45, 2.75) is 20.4 Å². The Hall–Kier alpha value is -1.45. The van der Waals surface area contributed by atoms with Gasteiger partial charge < -0.3 is 15.1 Å².